The van der Waals surface area contributed by atoms with E-state index in [1.807, 2.05) is 25.1 Å². The van der Waals surface area contributed by atoms with Crippen LogP contribution in [0.1, 0.15) is 37.7 Å². The molecule has 0 aliphatic heterocycles. The van der Waals surface area contributed by atoms with E-state index in [4.69, 9.17) is 15.3 Å². The molecule has 0 spiro atoms. The number of benzene rings is 1. The van der Waals surface area contributed by atoms with Gasteiger partial charge in [0.1, 0.15) is 18.1 Å². The van der Waals surface area contributed by atoms with E-state index in [1.54, 1.807) is 0 Å². The summed E-state index contributed by atoms with van der Waals surface area (Å²) in [5.41, 5.74) is 3.65. The molecule has 0 amide bonds. The second kappa shape index (κ2) is 8.12. The molecule has 0 unspecified atom stereocenters. The maximum atomic E-state index is 6.00. The van der Waals surface area contributed by atoms with Gasteiger partial charge in [0.2, 0.25) is 0 Å². The summed E-state index contributed by atoms with van der Waals surface area (Å²) < 4.78 is 11.7. The summed E-state index contributed by atoms with van der Waals surface area (Å²) in [5, 5.41) is 0. The van der Waals surface area contributed by atoms with Gasteiger partial charge < -0.3 is 9.47 Å². The van der Waals surface area contributed by atoms with Crippen molar-refractivity contribution in [3.63, 3.8) is 0 Å². The van der Waals surface area contributed by atoms with Gasteiger partial charge in [-0.15, -0.1) is 0 Å². The summed E-state index contributed by atoms with van der Waals surface area (Å²) in [6.45, 7) is 4.06. The molecule has 112 valence electrons. The summed E-state index contributed by atoms with van der Waals surface area (Å²) >= 11 is 0. The zero-order valence-electron chi connectivity index (χ0n) is 12.4. The van der Waals surface area contributed by atoms with Crippen molar-refractivity contribution >= 4 is 0 Å². The Kier molecular flexibility index (Phi) is 6.15. The second-order valence-electron chi connectivity index (χ2n) is 5.50. The number of rotatable bonds is 7. The number of nitrogens with two attached hydrogens (primary N) is 1. The molecule has 0 saturated heterocycles. The zero-order chi connectivity index (χ0) is 14.2. The van der Waals surface area contributed by atoms with Gasteiger partial charge in [-0.05, 0) is 37.8 Å². The molecule has 0 bridgehead atoms. The van der Waals surface area contributed by atoms with Gasteiger partial charge in [-0.1, -0.05) is 25.3 Å². The van der Waals surface area contributed by atoms with E-state index in [0.29, 0.717) is 19.1 Å². The smallest absolute Gasteiger partial charge is 0.125 e. The van der Waals surface area contributed by atoms with Crippen molar-refractivity contribution in [2.75, 3.05) is 19.8 Å². The van der Waals surface area contributed by atoms with Gasteiger partial charge in [0.05, 0.1) is 6.61 Å². The molecule has 1 aromatic rings. The highest BCUT2D eigenvalue weighted by atomic mass is 16.5. The number of hydrogen-bond acceptors (Lipinski definition) is 4. The Bertz CT molecular complexity index is 403. The summed E-state index contributed by atoms with van der Waals surface area (Å²) in [6, 6.07) is 5.97. The van der Waals surface area contributed by atoms with Crippen molar-refractivity contribution in [2.24, 2.45) is 11.8 Å². The van der Waals surface area contributed by atoms with Crippen LogP contribution in [0.2, 0.25) is 0 Å². The molecular weight excluding hydrogens is 252 g/mol. The van der Waals surface area contributed by atoms with Crippen LogP contribution in [-0.4, -0.2) is 19.8 Å². The van der Waals surface area contributed by atoms with Crippen LogP contribution in [0.5, 0.6) is 11.5 Å². The molecule has 1 aliphatic rings. The summed E-state index contributed by atoms with van der Waals surface area (Å²) in [6.07, 6.45) is 6.69. The van der Waals surface area contributed by atoms with Crippen LogP contribution >= 0.6 is 0 Å². The Hall–Kier alpha value is -1.26. The standard InChI is InChI=1S/C16H26N2O2/c1-13-15(19-11-10-18-17)8-5-9-16(13)20-12-14-6-3-2-4-7-14/h5,8-9,14,18H,2-4,6-7,10-12,17H2,1H3. The first-order chi connectivity index (χ1) is 9.81. The lowest BCUT2D eigenvalue weighted by Crippen LogP contribution is -2.27. The van der Waals surface area contributed by atoms with E-state index in [9.17, 15) is 0 Å². The third kappa shape index (κ3) is 4.39. The zero-order valence-corrected chi connectivity index (χ0v) is 12.4. The molecule has 1 fully saturated rings. The van der Waals surface area contributed by atoms with Gasteiger partial charge in [-0.2, -0.15) is 0 Å². The summed E-state index contributed by atoms with van der Waals surface area (Å²) in [5.74, 6) is 7.77. The van der Waals surface area contributed by atoms with Crippen molar-refractivity contribution in [1.29, 1.82) is 0 Å². The third-order valence-corrected chi connectivity index (χ3v) is 3.94. The molecule has 1 saturated carbocycles. The molecule has 1 aliphatic carbocycles. The quantitative estimate of drug-likeness (QED) is 0.457. The van der Waals surface area contributed by atoms with E-state index in [-0.39, 0.29) is 0 Å². The van der Waals surface area contributed by atoms with E-state index >= 15 is 0 Å². The maximum Gasteiger partial charge on any atom is 0.125 e. The van der Waals surface area contributed by atoms with Crippen LogP contribution in [0.25, 0.3) is 0 Å². The molecule has 4 nitrogen and oxygen atoms in total. The highest BCUT2D eigenvalue weighted by Gasteiger charge is 2.15. The Morgan fingerprint density at radius 2 is 1.85 bits per heavy atom. The average molecular weight is 278 g/mol. The fraction of sp³-hybridized carbons (Fsp3) is 0.625. The van der Waals surface area contributed by atoms with Gasteiger partial charge in [0, 0.05) is 12.1 Å². The van der Waals surface area contributed by atoms with Crippen LogP contribution < -0.4 is 20.7 Å². The van der Waals surface area contributed by atoms with Crippen molar-refractivity contribution in [2.45, 2.75) is 39.0 Å². The summed E-state index contributed by atoms with van der Waals surface area (Å²) in [7, 11) is 0. The monoisotopic (exact) mass is 278 g/mol. The molecular formula is C16H26N2O2. The third-order valence-electron chi connectivity index (χ3n) is 3.94. The predicted molar refractivity (Wildman–Crippen MR) is 80.9 cm³/mol. The normalized spacial score (nSPS) is 16.1. The van der Waals surface area contributed by atoms with E-state index in [2.05, 4.69) is 5.43 Å². The molecule has 4 heteroatoms. The first kappa shape index (κ1) is 15.1. The van der Waals surface area contributed by atoms with Crippen molar-refractivity contribution in [3.05, 3.63) is 23.8 Å². The maximum absolute atomic E-state index is 6.00. The first-order valence-corrected chi connectivity index (χ1v) is 7.60. The van der Waals surface area contributed by atoms with Gasteiger partial charge in [-0.25, -0.2) is 0 Å². The van der Waals surface area contributed by atoms with Gasteiger partial charge in [0.25, 0.3) is 0 Å². The van der Waals surface area contributed by atoms with Gasteiger partial charge in [-0.3, -0.25) is 11.3 Å². The molecule has 0 atom stereocenters. The fourth-order valence-corrected chi connectivity index (χ4v) is 2.69. The minimum absolute atomic E-state index is 0.559. The number of ether oxygens (including phenoxy) is 2. The van der Waals surface area contributed by atoms with Crippen LogP contribution in [0.3, 0.4) is 0 Å². The van der Waals surface area contributed by atoms with E-state index in [0.717, 1.165) is 23.7 Å². The molecule has 0 heterocycles. The number of hydrazine groups is 1. The molecule has 3 N–H and O–H groups in total. The lowest BCUT2D eigenvalue weighted by atomic mass is 9.90. The molecule has 0 aromatic heterocycles. The van der Waals surface area contributed by atoms with E-state index < -0.39 is 0 Å². The van der Waals surface area contributed by atoms with Crippen molar-refractivity contribution in [3.8, 4) is 11.5 Å². The average Bonchev–Trinajstić information content (AvgIpc) is 2.49. The highest BCUT2D eigenvalue weighted by Crippen LogP contribution is 2.29. The molecule has 1 aromatic carbocycles. The topological polar surface area (TPSA) is 56.5 Å². The van der Waals surface area contributed by atoms with Crippen molar-refractivity contribution < 1.29 is 9.47 Å². The van der Waals surface area contributed by atoms with E-state index in [1.165, 1.54) is 32.1 Å². The second-order valence-corrected chi connectivity index (χ2v) is 5.50. The van der Waals surface area contributed by atoms with Crippen LogP contribution in [-0.2, 0) is 0 Å². The predicted octanol–water partition coefficient (Wildman–Crippen LogP) is 2.80. The first-order valence-electron chi connectivity index (χ1n) is 7.60. The van der Waals surface area contributed by atoms with Crippen LogP contribution in [0.15, 0.2) is 18.2 Å². The number of nitrogens with one attached hydrogen (secondary N) is 1. The molecule has 2 rings (SSSR count). The minimum atomic E-state index is 0.559. The SMILES string of the molecule is Cc1c(OCCNN)cccc1OCC1CCCCC1. The fourth-order valence-electron chi connectivity index (χ4n) is 2.69. The molecule has 0 radical (unpaired) electrons. The Morgan fingerprint density at radius 3 is 2.55 bits per heavy atom. The van der Waals surface area contributed by atoms with Crippen LogP contribution in [0.4, 0.5) is 0 Å². The lowest BCUT2D eigenvalue weighted by molar-refractivity contribution is 0.206. The molecule has 20 heavy (non-hydrogen) atoms. The Morgan fingerprint density at radius 1 is 1.15 bits per heavy atom. The lowest BCUT2D eigenvalue weighted by Gasteiger charge is -2.22. The van der Waals surface area contributed by atoms with Crippen LogP contribution in [0, 0.1) is 12.8 Å². The number of hydrogen-bond donors (Lipinski definition) is 2. The summed E-state index contributed by atoms with van der Waals surface area (Å²) in [4.78, 5) is 0. The highest BCUT2D eigenvalue weighted by molar-refractivity contribution is 5.43. The van der Waals surface area contributed by atoms with Gasteiger partial charge in [0.15, 0.2) is 0 Å². The minimum Gasteiger partial charge on any atom is -0.493 e. The van der Waals surface area contributed by atoms with Crippen molar-refractivity contribution in [1.82, 2.24) is 5.43 Å². The Balaban J connectivity index is 1.88. The Labute approximate surface area is 121 Å². The largest absolute Gasteiger partial charge is 0.493 e. The van der Waals surface area contributed by atoms with Gasteiger partial charge >= 0.3 is 0 Å².